The van der Waals surface area contributed by atoms with Crippen molar-refractivity contribution in [1.82, 2.24) is 24.4 Å². The zero-order valence-corrected chi connectivity index (χ0v) is 16.1. The van der Waals surface area contributed by atoms with Gasteiger partial charge in [0.1, 0.15) is 5.60 Å². The Bertz CT molecular complexity index is 951. The summed E-state index contributed by atoms with van der Waals surface area (Å²) in [6.07, 6.45) is 1.03. The standard InChI is InChI=1S/C18H24N6O3/c1-5-6-7-24-13-14(19-12-20-15(13)25)21-16(24)22-8-10-23(11-9-22)17(26)27-18(2,3)4/h12H,7-11H2,1-4H3,(H,19,20,25). The lowest BCUT2D eigenvalue weighted by Crippen LogP contribution is -2.50. The topological polar surface area (TPSA) is 96.3 Å². The fourth-order valence-corrected chi connectivity index (χ4v) is 2.93. The molecule has 0 saturated carbocycles. The van der Waals surface area contributed by atoms with E-state index < -0.39 is 5.60 Å². The molecule has 0 aliphatic carbocycles. The average molecular weight is 372 g/mol. The summed E-state index contributed by atoms with van der Waals surface area (Å²) in [5.41, 5.74) is 0.0309. The lowest BCUT2D eigenvalue weighted by atomic mass is 10.2. The maximum atomic E-state index is 12.2. The van der Waals surface area contributed by atoms with Crippen LogP contribution in [0.1, 0.15) is 27.7 Å². The van der Waals surface area contributed by atoms with Gasteiger partial charge in [0, 0.05) is 26.2 Å². The van der Waals surface area contributed by atoms with E-state index in [9.17, 15) is 9.59 Å². The number of anilines is 1. The molecule has 1 N–H and O–H groups in total. The molecule has 0 unspecified atom stereocenters. The van der Waals surface area contributed by atoms with E-state index in [0.717, 1.165) is 0 Å². The molecule has 3 rings (SSSR count). The third-order valence-electron chi connectivity index (χ3n) is 4.15. The van der Waals surface area contributed by atoms with E-state index in [4.69, 9.17) is 4.74 Å². The highest BCUT2D eigenvalue weighted by molar-refractivity contribution is 5.74. The number of hydrogen-bond donors (Lipinski definition) is 1. The van der Waals surface area contributed by atoms with Gasteiger partial charge in [-0.15, -0.1) is 5.92 Å². The third kappa shape index (κ3) is 4.05. The molecule has 3 heterocycles. The van der Waals surface area contributed by atoms with Crippen molar-refractivity contribution in [2.75, 3.05) is 31.1 Å². The van der Waals surface area contributed by atoms with Crippen LogP contribution in [0, 0.1) is 11.8 Å². The molecular formula is C18H24N6O3. The number of nitrogens with zero attached hydrogens (tertiary/aromatic N) is 5. The number of H-pyrrole nitrogens is 1. The first-order valence-electron chi connectivity index (χ1n) is 8.86. The molecule has 9 heteroatoms. The van der Waals surface area contributed by atoms with Crippen molar-refractivity contribution in [3.05, 3.63) is 16.7 Å². The number of fused-ring (bicyclic) bond motifs is 1. The molecular weight excluding hydrogens is 348 g/mol. The van der Waals surface area contributed by atoms with Crippen LogP contribution in [0.5, 0.6) is 0 Å². The number of nitrogens with one attached hydrogen (secondary N) is 1. The van der Waals surface area contributed by atoms with Crippen molar-refractivity contribution in [1.29, 1.82) is 0 Å². The second kappa shape index (κ2) is 7.31. The summed E-state index contributed by atoms with van der Waals surface area (Å²) in [4.78, 5) is 39.5. The molecule has 27 heavy (non-hydrogen) atoms. The van der Waals surface area contributed by atoms with Crippen LogP contribution in [0.4, 0.5) is 10.7 Å². The maximum absolute atomic E-state index is 12.2. The molecule has 1 aliphatic rings. The van der Waals surface area contributed by atoms with Crippen molar-refractivity contribution < 1.29 is 9.53 Å². The quantitative estimate of drug-likeness (QED) is 0.796. The SMILES string of the molecule is CC#CCn1c(N2CCN(C(=O)OC(C)(C)C)CC2)nc2nc[nH]c(=O)c21. The summed E-state index contributed by atoms with van der Waals surface area (Å²) >= 11 is 0. The van der Waals surface area contributed by atoms with Crippen molar-refractivity contribution in [2.45, 2.75) is 39.8 Å². The molecule has 1 aliphatic heterocycles. The third-order valence-corrected chi connectivity index (χ3v) is 4.15. The Labute approximate surface area is 157 Å². The van der Waals surface area contributed by atoms with Gasteiger partial charge in [0.2, 0.25) is 5.95 Å². The first-order chi connectivity index (χ1) is 12.8. The molecule has 1 saturated heterocycles. The summed E-state index contributed by atoms with van der Waals surface area (Å²) in [5, 5.41) is 0. The number of carbonyl (C=O) groups is 1. The van der Waals surface area contributed by atoms with Crippen LogP contribution >= 0.6 is 0 Å². The van der Waals surface area contributed by atoms with Crippen LogP contribution in [0.2, 0.25) is 0 Å². The first-order valence-corrected chi connectivity index (χ1v) is 8.86. The van der Waals surface area contributed by atoms with Crippen molar-refractivity contribution in [2.24, 2.45) is 0 Å². The van der Waals surface area contributed by atoms with E-state index in [-0.39, 0.29) is 11.7 Å². The number of piperazine rings is 1. The smallest absolute Gasteiger partial charge is 0.410 e. The average Bonchev–Trinajstić information content (AvgIpc) is 2.98. The Morgan fingerprint density at radius 2 is 2.00 bits per heavy atom. The summed E-state index contributed by atoms with van der Waals surface area (Å²) < 4.78 is 7.21. The number of aromatic amines is 1. The Morgan fingerprint density at radius 3 is 2.63 bits per heavy atom. The lowest BCUT2D eigenvalue weighted by Gasteiger charge is -2.36. The summed E-state index contributed by atoms with van der Waals surface area (Å²) in [6.45, 7) is 9.85. The highest BCUT2D eigenvalue weighted by Crippen LogP contribution is 2.21. The lowest BCUT2D eigenvalue weighted by molar-refractivity contribution is 0.0240. The fraction of sp³-hybridized carbons (Fsp3) is 0.556. The minimum atomic E-state index is -0.520. The largest absolute Gasteiger partial charge is 0.444 e. The van der Waals surface area contributed by atoms with E-state index in [1.165, 1.54) is 6.33 Å². The normalized spacial score (nSPS) is 14.8. The Hall–Kier alpha value is -3.02. The number of carbonyl (C=O) groups excluding carboxylic acids is 1. The summed E-state index contributed by atoms with van der Waals surface area (Å²) in [6, 6.07) is 0. The summed E-state index contributed by atoms with van der Waals surface area (Å²) in [7, 11) is 0. The minimum Gasteiger partial charge on any atom is -0.444 e. The summed E-state index contributed by atoms with van der Waals surface area (Å²) in [5.74, 6) is 6.47. The zero-order valence-electron chi connectivity index (χ0n) is 16.1. The zero-order chi connectivity index (χ0) is 19.6. The van der Waals surface area contributed by atoms with Crippen LogP contribution in [-0.2, 0) is 11.3 Å². The molecule has 0 bridgehead atoms. The van der Waals surface area contributed by atoms with Crippen molar-refractivity contribution in [3.8, 4) is 11.8 Å². The number of amides is 1. The van der Waals surface area contributed by atoms with Crippen LogP contribution in [-0.4, -0.2) is 62.3 Å². The van der Waals surface area contributed by atoms with E-state index in [0.29, 0.717) is 49.8 Å². The van der Waals surface area contributed by atoms with Gasteiger partial charge in [-0.2, -0.15) is 4.98 Å². The molecule has 0 radical (unpaired) electrons. The van der Waals surface area contributed by atoms with Crippen LogP contribution in [0.15, 0.2) is 11.1 Å². The van der Waals surface area contributed by atoms with E-state index in [1.807, 2.05) is 25.7 Å². The van der Waals surface area contributed by atoms with Gasteiger partial charge in [-0.1, -0.05) is 5.92 Å². The number of rotatable bonds is 2. The minimum absolute atomic E-state index is 0.246. The van der Waals surface area contributed by atoms with Gasteiger partial charge in [-0.3, -0.25) is 9.36 Å². The first kappa shape index (κ1) is 18.8. The second-order valence-corrected chi connectivity index (χ2v) is 7.28. The van der Waals surface area contributed by atoms with Gasteiger partial charge in [-0.25, -0.2) is 9.78 Å². The number of ether oxygens (including phenoxy) is 1. The molecule has 1 fully saturated rings. The van der Waals surface area contributed by atoms with Gasteiger partial charge in [0.05, 0.1) is 12.9 Å². The van der Waals surface area contributed by atoms with Gasteiger partial charge in [0.15, 0.2) is 11.2 Å². The number of imidazole rings is 1. The van der Waals surface area contributed by atoms with Crippen LogP contribution in [0.25, 0.3) is 11.2 Å². The van der Waals surface area contributed by atoms with E-state index in [2.05, 4.69) is 26.8 Å². The fourth-order valence-electron chi connectivity index (χ4n) is 2.93. The molecule has 0 spiro atoms. The van der Waals surface area contributed by atoms with Gasteiger partial charge >= 0.3 is 6.09 Å². The second-order valence-electron chi connectivity index (χ2n) is 7.28. The predicted octanol–water partition coefficient (Wildman–Crippen LogP) is 1.20. The number of hydrogen-bond acceptors (Lipinski definition) is 6. The molecule has 0 aromatic carbocycles. The number of aromatic nitrogens is 4. The molecule has 2 aromatic rings. The van der Waals surface area contributed by atoms with Crippen molar-refractivity contribution >= 4 is 23.2 Å². The predicted molar refractivity (Wildman–Crippen MR) is 102 cm³/mol. The van der Waals surface area contributed by atoms with E-state index in [1.54, 1.807) is 16.4 Å². The van der Waals surface area contributed by atoms with Gasteiger partial charge < -0.3 is 19.5 Å². The van der Waals surface area contributed by atoms with Crippen LogP contribution in [0.3, 0.4) is 0 Å². The molecule has 9 nitrogen and oxygen atoms in total. The highest BCUT2D eigenvalue weighted by Gasteiger charge is 2.28. The van der Waals surface area contributed by atoms with E-state index >= 15 is 0 Å². The van der Waals surface area contributed by atoms with Gasteiger partial charge in [-0.05, 0) is 27.7 Å². The highest BCUT2D eigenvalue weighted by atomic mass is 16.6. The Balaban J connectivity index is 1.82. The van der Waals surface area contributed by atoms with Crippen LogP contribution < -0.4 is 10.5 Å². The molecule has 0 atom stereocenters. The monoisotopic (exact) mass is 372 g/mol. The molecule has 1 amide bonds. The molecule has 144 valence electrons. The van der Waals surface area contributed by atoms with Gasteiger partial charge in [0.25, 0.3) is 5.56 Å². The van der Waals surface area contributed by atoms with Crippen molar-refractivity contribution in [3.63, 3.8) is 0 Å². The Morgan fingerprint density at radius 1 is 1.30 bits per heavy atom. The Kier molecular flexibility index (Phi) is 5.08. The maximum Gasteiger partial charge on any atom is 0.410 e. The molecule has 2 aromatic heterocycles.